The maximum absolute atomic E-state index is 11.1. The van der Waals surface area contributed by atoms with Gasteiger partial charge in [-0.1, -0.05) is 12.1 Å². The Morgan fingerprint density at radius 2 is 2.17 bits per heavy atom. The van der Waals surface area contributed by atoms with Gasteiger partial charge in [0.1, 0.15) is 11.8 Å². The highest BCUT2D eigenvalue weighted by Gasteiger charge is 2.19. The van der Waals surface area contributed by atoms with Crippen LogP contribution in [-0.4, -0.2) is 32.6 Å². The number of ether oxygens (including phenoxy) is 1. The van der Waals surface area contributed by atoms with Crippen LogP contribution in [0.2, 0.25) is 0 Å². The molecule has 6 nitrogen and oxygen atoms in total. The summed E-state index contributed by atoms with van der Waals surface area (Å²) >= 11 is 0. The predicted octanol–water partition coefficient (Wildman–Crippen LogP) is 1.59. The summed E-state index contributed by atoms with van der Waals surface area (Å²) in [5, 5.41) is 9.10. The summed E-state index contributed by atoms with van der Waals surface area (Å²) in [6.45, 7) is 0. The number of aromatic nitrogens is 3. The predicted molar refractivity (Wildman–Crippen MR) is 64.0 cm³/mol. The largest absolute Gasteiger partial charge is 0.479 e. The third kappa shape index (κ3) is 1.32. The van der Waals surface area contributed by atoms with Crippen LogP contribution in [-0.2, 0) is 0 Å². The number of rotatable bonds is 2. The van der Waals surface area contributed by atoms with Crippen LogP contribution < -0.4 is 4.74 Å². The molecule has 0 atom stereocenters. The number of methoxy groups -OCH3 is 1. The molecule has 0 aliphatic rings. The highest BCUT2D eigenvalue weighted by atomic mass is 16.5. The second-order valence-corrected chi connectivity index (χ2v) is 3.73. The van der Waals surface area contributed by atoms with E-state index in [1.165, 1.54) is 13.4 Å². The van der Waals surface area contributed by atoms with Gasteiger partial charge in [0.25, 0.3) is 0 Å². The molecule has 0 saturated heterocycles. The van der Waals surface area contributed by atoms with Crippen LogP contribution in [0.1, 0.15) is 10.5 Å². The van der Waals surface area contributed by atoms with E-state index in [0.717, 1.165) is 11.0 Å². The van der Waals surface area contributed by atoms with Crippen LogP contribution in [0.15, 0.2) is 30.6 Å². The number of carbonyl (C=O) groups is 1. The molecule has 0 radical (unpaired) electrons. The second-order valence-electron chi connectivity index (χ2n) is 3.73. The van der Waals surface area contributed by atoms with E-state index < -0.39 is 5.97 Å². The van der Waals surface area contributed by atoms with E-state index in [4.69, 9.17) is 9.84 Å². The molecule has 0 unspecified atom stereocenters. The number of carboxylic acids is 1. The van der Waals surface area contributed by atoms with E-state index in [1.807, 2.05) is 24.3 Å². The number of nitrogens with zero attached hydrogens (tertiary/aromatic N) is 3. The quantitative estimate of drug-likeness (QED) is 0.739. The Labute approximate surface area is 101 Å². The molecular formula is C12H9N3O3. The van der Waals surface area contributed by atoms with Gasteiger partial charge >= 0.3 is 5.97 Å². The van der Waals surface area contributed by atoms with Gasteiger partial charge in [-0.25, -0.2) is 14.8 Å². The van der Waals surface area contributed by atoms with E-state index in [9.17, 15) is 4.79 Å². The standard InChI is InChI=1S/C12H9N3O3/c1-18-11-10-9(12(16)17)13-6-15(10)8-5-3-2-4-7(8)14-11/h2-6H,1H3,(H,16,17). The minimum atomic E-state index is -1.10. The number of fused-ring (bicyclic) bond motifs is 3. The Morgan fingerprint density at radius 3 is 2.89 bits per heavy atom. The number of hydrogen-bond acceptors (Lipinski definition) is 4. The Bertz CT molecular complexity index is 764. The number of imidazole rings is 1. The lowest BCUT2D eigenvalue weighted by molar-refractivity contribution is 0.0693. The molecule has 1 N–H and O–H groups in total. The molecule has 0 bridgehead atoms. The molecule has 18 heavy (non-hydrogen) atoms. The van der Waals surface area contributed by atoms with Crippen molar-refractivity contribution in [2.75, 3.05) is 7.11 Å². The SMILES string of the molecule is COc1nc2ccccc2n2cnc(C(=O)O)c12. The van der Waals surface area contributed by atoms with Crippen LogP contribution in [0, 0.1) is 0 Å². The average molecular weight is 243 g/mol. The Kier molecular flexibility index (Phi) is 2.16. The van der Waals surface area contributed by atoms with Gasteiger partial charge in [0.15, 0.2) is 5.69 Å². The number of carboxylic acid groups (broad SMARTS) is 1. The van der Waals surface area contributed by atoms with Crippen molar-refractivity contribution in [3.63, 3.8) is 0 Å². The minimum Gasteiger partial charge on any atom is -0.479 e. The summed E-state index contributed by atoms with van der Waals surface area (Å²) in [6, 6.07) is 7.39. The molecule has 1 aromatic carbocycles. The smallest absolute Gasteiger partial charge is 0.356 e. The maximum Gasteiger partial charge on any atom is 0.356 e. The zero-order chi connectivity index (χ0) is 12.7. The lowest BCUT2D eigenvalue weighted by atomic mass is 10.3. The molecule has 0 amide bonds. The third-order valence-electron chi connectivity index (χ3n) is 2.73. The van der Waals surface area contributed by atoms with Crippen molar-refractivity contribution in [3.05, 3.63) is 36.3 Å². The summed E-state index contributed by atoms with van der Waals surface area (Å²) in [5.41, 5.74) is 1.80. The van der Waals surface area contributed by atoms with Gasteiger partial charge in [0, 0.05) is 0 Å². The first-order chi connectivity index (χ1) is 8.72. The highest BCUT2D eigenvalue weighted by Crippen LogP contribution is 2.25. The molecule has 0 spiro atoms. The lowest BCUT2D eigenvalue weighted by Gasteiger charge is -2.06. The fourth-order valence-corrected chi connectivity index (χ4v) is 1.96. The van der Waals surface area contributed by atoms with E-state index in [0.29, 0.717) is 5.52 Å². The number of benzene rings is 1. The molecule has 90 valence electrons. The summed E-state index contributed by atoms with van der Waals surface area (Å²) in [4.78, 5) is 19.3. The van der Waals surface area contributed by atoms with Gasteiger partial charge in [-0.2, -0.15) is 0 Å². The van der Waals surface area contributed by atoms with Crippen LogP contribution in [0.5, 0.6) is 5.88 Å². The Balaban J connectivity index is 2.54. The van der Waals surface area contributed by atoms with Crippen LogP contribution in [0.3, 0.4) is 0 Å². The van der Waals surface area contributed by atoms with Gasteiger partial charge in [-0.05, 0) is 12.1 Å². The summed E-state index contributed by atoms with van der Waals surface area (Å²) in [6.07, 6.45) is 1.46. The summed E-state index contributed by atoms with van der Waals surface area (Å²) in [7, 11) is 1.45. The van der Waals surface area contributed by atoms with Gasteiger partial charge in [-0.3, -0.25) is 4.40 Å². The molecule has 2 heterocycles. The number of aromatic carboxylic acids is 1. The fraction of sp³-hybridized carbons (Fsp3) is 0.0833. The van der Waals surface area contributed by atoms with Crippen LogP contribution >= 0.6 is 0 Å². The molecule has 3 aromatic rings. The van der Waals surface area contributed by atoms with Gasteiger partial charge in [0.2, 0.25) is 5.88 Å². The van der Waals surface area contributed by atoms with Crippen LogP contribution in [0.4, 0.5) is 0 Å². The molecule has 2 aromatic heterocycles. The molecule has 0 saturated carbocycles. The molecule has 3 rings (SSSR count). The van der Waals surface area contributed by atoms with Crippen molar-refractivity contribution in [1.82, 2.24) is 14.4 Å². The van der Waals surface area contributed by atoms with Crippen molar-refractivity contribution in [2.45, 2.75) is 0 Å². The topological polar surface area (TPSA) is 76.7 Å². The summed E-state index contributed by atoms with van der Waals surface area (Å²) in [5.74, 6) is -0.850. The average Bonchev–Trinajstić information content (AvgIpc) is 2.83. The number of hydrogen-bond donors (Lipinski definition) is 1. The van der Waals surface area contributed by atoms with Crippen LogP contribution in [0.25, 0.3) is 16.6 Å². The zero-order valence-electron chi connectivity index (χ0n) is 9.49. The first kappa shape index (κ1) is 10.5. The monoisotopic (exact) mass is 243 g/mol. The molecule has 0 fully saturated rings. The molecule has 0 aliphatic heterocycles. The zero-order valence-corrected chi connectivity index (χ0v) is 9.49. The molecular weight excluding hydrogens is 234 g/mol. The van der Waals surface area contributed by atoms with E-state index in [-0.39, 0.29) is 11.6 Å². The van der Waals surface area contributed by atoms with Crippen molar-refractivity contribution >= 4 is 22.5 Å². The van der Waals surface area contributed by atoms with E-state index in [2.05, 4.69) is 9.97 Å². The first-order valence-electron chi connectivity index (χ1n) is 5.25. The van der Waals surface area contributed by atoms with Crippen molar-refractivity contribution in [2.24, 2.45) is 0 Å². The fourth-order valence-electron chi connectivity index (χ4n) is 1.96. The second kappa shape index (κ2) is 3.69. The number of para-hydroxylation sites is 2. The minimum absolute atomic E-state index is 0.0647. The maximum atomic E-state index is 11.1. The third-order valence-corrected chi connectivity index (χ3v) is 2.73. The molecule has 6 heteroatoms. The highest BCUT2D eigenvalue weighted by molar-refractivity contribution is 5.97. The first-order valence-corrected chi connectivity index (χ1v) is 5.25. The molecule has 0 aliphatic carbocycles. The Hall–Kier alpha value is -2.63. The Morgan fingerprint density at radius 1 is 1.39 bits per heavy atom. The van der Waals surface area contributed by atoms with E-state index in [1.54, 1.807) is 4.40 Å². The van der Waals surface area contributed by atoms with Crippen molar-refractivity contribution < 1.29 is 14.6 Å². The van der Waals surface area contributed by atoms with E-state index >= 15 is 0 Å². The summed E-state index contributed by atoms with van der Waals surface area (Å²) < 4.78 is 6.82. The normalized spacial score (nSPS) is 10.9. The van der Waals surface area contributed by atoms with Crippen molar-refractivity contribution in [3.8, 4) is 5.88 Å². The van der Waals surface area contributed by atoms with Crippen molar-refractivity contribution in [1.29, 1.82) is 0 Å². The van der Waals surface area contributed by atoms with Gasteiger partial charge < -0.3 is 9.84 Å². The lowest BCUT2D eigenvalue weighted by Crippen LogP contribution is -2.01. The van der Waals surface area contributed by atoms with Gasteiger partial charge in [-0.15, -0.1) is 0 Å². The van der Waals surface area contributed by atoms with Gasteiger partial charge in [0.05, 0.1) is 18.1 Å².